The van der Waals surface area contributed by atoms with Crippen molar-refractivity contribution in [2.45, 2.75) is 11.4 Å². The van der Waals surface area contributed by atoms with E-state index in [4.69, 9.17) is 11.6 Å². The number of sulfonamides is 1. The fourth-order valence-electron chi connectivity index (χ4n) is 1.36. The van der Waals surface area contributed by atoms with Gasteiger partial charge in [0.05, 0.1) is 17.3 Å². The Labute approximate surface area is 124 Å². The molecule has 0 bridgehead atoms. The zero-order valence-corrected chi connectivity index (χ0v) is 12.7. The van der Waals surface area contributed by atoms with Crippen molar-refractivity contribution in [3.05, 3.63) is 52.0 Å². The molecular weight excluding hydrogens is 354 g/mol. The number of hydrogen-bond donors (Lipinski definition) is 1. The lowest BCUT2D eigenvalue weighted by atomic mass is 10.4. The average Bonchev–Trinajstić information content (AvgIpc) is 2.37. The fraction of sp³-hybridized carbons (Fsp3) is 0.0909. The molecule has 1 aromatic heterocycles. The number of hydrogen-bond acceptors (Lipinski definition) is 4. The Bertz CT molecular complexity index is 680. The van der Waals surface area contributed by atoms with Crippen LogP contribution in [0.25, 0.3) is 0 Å². The van der Waals surface area contributed by atoms with Crippen molar-refractivity contribution >= 4 is 37.6 Å². The predicted octanol–water partition coefficient (Wildman–Crippen LogP) is 2.37. The van der Waals surface area contributed by atoms with Gasteiger partial charge in [-0.2, -0.15) is 0 Å². The first-order chi connectivity index (χ1) is 8.99. The summed E-state index contributed by atoms with van der Waals surface area (Å²) in [7, 11) is -3.67. The monoisotopic (exact) mass is 361 g/mol. The van der Waals surface area contributed by atoms with Crippen LogP contribution >= 0.6 is 27.5 Å². The van der Waals surface area contributed by atoms with Gasteiger partial charge in [-0.3, -0.25) is 0 Å². The molecule has 0 unspecified atom stereocenters. The Morgan fingerprint density at radius 3 is 2.74 bits per heavy atom. The van der Waals surface area contributed by atoms with E-state index < -0.39 is 10.0 Å². The largest absolute Gasteiger partial charge is 0.245 e. The van der Waals surface area contributed by atoms with Crippen LogP contribution in [0.15, 0.2) is 46.2 Å². The second-order valence-corrected chi connectivity index (χ2v) is 6.66. The summed E-state index contributed by atoms with van der Waals surface area (Å²) in [5.41, 5.74) is 0.576. The van der Waals surface area contributed by atoms with Crippen molar-refractivity contribution in [1.29, 1.82) is 0 Å². The summed E-state index contributed by atoms with van der Waals surface area (Å²) in [6.07, 6.45) is 2.90. The van der Waals surface area contributed by atoms with Crippen molar-refractivity contribution in [2.75, 3.05) is 0 Å². The molecule has 8 heteroatoms. The molecule has 5 nitrogen and oxygen atoms in total. The minimum absolute atomic E-state index is 0.0337. The van der Waals surface area contributed by atoms with Crippen LogP contribution in [0.3, 0.4) is 0 Å². The van der Waals surface area contributed by atoms with Gasteiger partial charge in [-0.1, -0.05) is 27.5 Å². The highest BCUT2D eigenvalue weighted by Gasteiger charge is 2.17. The van der Waals surface area contributed by atoms with Crippen LogP contribution in [0.5, 0.6) is 0 Å². The van der Waals surface area contributed by atoms with Crippen LogP contribution in [0.4, 0.5) is 0 Å². The molecule has 0 aliphatic rings. The zero-order valence-electron chi connectivity index (χ0n) is 9.55. The first-order valence-electron chi connectivity index (χ1n) is 5.18. The number of nitrogens with one attached hydrogen (secondary N) is 1. The average molecular weight is 363 g/mol. The number of halogens is 2. The molecule has 0 amide bonds. The Morgan fingerprint density at radius 1 is 1.32 bits per heavy atom. The first-order valence-corrected chi connectivity index (χ1v) is 7.84. The van der Waals surface area contributed by atoms with Gasteiger partial charge in [-0.15, -0.1) is 0 Å². The summed E-state index contributed by atoms with van der Waals surface area (Å²) in [5.74, 6) is 0. The predicted molar refractivity (Wildman–Crippen MR) is 75.2 cm³/mol. The van der Waals surface area contributed by atoms with Gasteiger partial charge in [-0.05, 0) is 24.3 Å². The van der Waals surface area contributed by atoms with Gasteiger partial charge in [-0.25, -0.2) is 23.1 Å². The summed E-state index contributed by atoms with van der Waals surface area (Å²) in [6.45, 7) is 0.0806. The van der Waals surface area contributed by atoms with Crippen LogP contribution in [-0.4, -0.2) is 18.4 Å². The van der Waals surface area contributed by atoms with Gasteiger partial charge in [0, 0.05) is 10.7 Å². The minimum atomic E-state index is -3.67. The molecule has 0 saturated carbocycles. The second-order valence-electron chi connectivity index (χ2n) is 3.60. The summed E-state index contributed by atoms with van der Waals surface area (Å²) < 4.78 is 27.3. The van der Waals surface area contributed by atoms with Gasteiger partial charge >= 0.3 is 0 Å². The zero-order chi connectivity index (χ0) is 13.9. The number of nitrogens with zero attached hydrogens (tertiary/aromatic N) is 2. The standard InChI is InChI=1S/C11H9BrClN3O2S/c12-8-1-2-11(10(13)5-8)19(17,18)16-6-9-3-4-14-7-15-9/h1-5,7,16H,6H2. The summed E-state index contributed by atoms with van der Waals surface area (Å²) in [5, 5.41) is 0.157. The van der Waals surface area contributed by atoms with E-state index in [0.717, 1.165) is 0 Å². The number of aromatic nitrogens is 2. The topological polar surface area (TPSA) is 72.0 Å². The maximum Gasteiger partial charge on any atom is 0.242 e. The first kappa shape index (κ1) is 14.4. The third-order valence-electron chi connectivity index (χ3n) is 2.27. The highest BCUT2D eigenvalue weighted by molar-refractivity contribution is 9.10. The highest BCUT2D eigenvalue weighted by Crippen LogP contribution is 2.25. The second kappa shape index (κ2) is 5.96. The molecule has 2 aromatic rings. The van der Waals surface area contributed by atoms with Crippen LogP contribution in [-0.2, 0) is 16.6 Å². The van der Waals surface area contributed by atoms with Gasteiger partial charge in [0.25, 0.3) is 0 Å². The molecule has 100 valence electrons. The summed E-state index contributed by atoms with van der Waals surface area (Å²) in [4.78, 5) is 7.72. The molecule has 19 heavy (non-hydrogen) atoms. The Hall–Kier alpha value is -1.02. The van der Waals surface area contributed by atoms with E-state index in [9.17, 15) is 8.42 Å². The minimum Gasteiger partial charge on any atom is -0.245 e. The van der Waals surface area contributed by atoms with E-state index in [1.54, 1.807) is 18.3 Å². The van der Waals surface area contributed by atoms with Crippen molar-refractivity contribution in [3.8, 4) is 0 Å². The van der Waals surface area contributed by atoms with E-state index in [1.807, 2.05) is 0 Å². The molecule has 0 aliphatic heterocycles. The van der Waals surface area contributed by atoms with Gasteiger partial charge in [0.2, 0.25) is 10.0 Å². The molecule has 1 aromatic carbocycles. The molecular formula is C11H9BrClN3O2S. The molecule has 1 N–H and O–H groups in total. The Morgan fingerprint density at radius 2 is 2.11 bits per heavy atom. The molecule has 0 spiro atoms. The van der Waals surface area contributed by atoms with Crippen LogP contribution in [0.1, 0.15) is 5.69 Å². The Balaban J connectivity index is 2.19. The van der Waals surface area contributed by atoms with Gasteiger partial charge < -0.3 is 0 Å². The molecule has 0 aliphatic carbocycles. The highest BCUT2D eigenvalue weighted by atomic mass is 79.9. The van der Waals surface area contributed by atoms with E-state index in [-0.39, 0.29) is 16.5 Å². The molecule has 0 radical (unpaired) electrons. The SMILES string of the molecule is O=S(=O)(NCc1ccncn1)c1ccc(Br)cc1Cl. The summed E-state index contributed by atoms with van der Waals surface area (Å²) in [6, 6.07) is 6.21. The molecule has 1 heterocycles. The van der Waals surface area contributed by atoms with E-state index in [2.05, 4.69) is 30.6 Å². The number of rotatable bonds is 4. The normalized spacial score (nSPS) is 11.5. The lowest BCUT2D eigenvalue weighted by Gasteiger charge is -2.08. The third kappa shape index (κ3) is 3.73. The van der Waals surface area contributed by atoms with Gasteiger partial charge in [0.15, 0.2) is 0 Å². The van der Waals surface area contributed by atoms with Crippen LogP contribution in [0.2, 0.25) is 5.02 Å². The van der Waals surface area contributed by atoms with E-state index in [0.29, 0.717) is 10.2 Å². The molecule has 0 atom stereocenters. The quantitative estimate of drug-likeness (QED) is 0.906. The maximum atomic E-state index is 12.1. The smallest absolute Gasteiger partial charge is 0.242 e. The lowest BCUT2D eigenvalue weighted by molar-refractivity contribution is 0.580. The Kier molecular flexibility index (Phi) is 4.51. The van der Waals surface area contributed by atoms with Crippen molar-refractivity contribution < 1.29 is 8.42 Å². The van der Waals surface area contributed by atoms with Crippen molar-refractivity contribution in [2.24, 2.45) is 0 Å². The molecule has 0 fully saturated rings. The van der Waals surface area contributed by atoms with Gasteiger partial charge in [0.1, 0.15) is 11.2 Å². The third-order valence-corrected chi connectivity index (χ3v) is 4.65. The van der Waals surface area contributed by atoms with E-state index in [1.165, 1.54) is 18.5 Å². The van der Waals surface area contributed by atoms with Crippen molar-refractivity contribution in [1.82, 2.24) is 14.7 Å². The van der Waals surface area contributed by atoms with Crippen LogP contribution in [0, 0.1) is 0 Å². The summed E-state index contributed by atoms with van der Waals surface area (Å²) >= 11 is 9.14. The van der Waals surface area contributed by atoms with Crippen molar-refractivity contribution in [3.63, 3.8) is 0 Å². The molecule has 0 saturated heterocycles. The molecule has 2 rings (SSSR count). The lowest BCUT2D eigenvalue weighted by Crippen LogP contribution is -2.24. The van der Waals surface area contributed by atoms with Crippen LogP contribution < -0.4 is 4.72 Å². The fourth-order valence-corrected chi connectivity index (χ4v) is 3.40. The van der Waals surface area contributed by atoms with E-state index >= 15 is 0 Å². The maximum absolute atomic E-state index is 12.1. The number of benzene rings is 1.